The minimum atomic E-state index is 0.0289. The van der Waals surface area contributed by atoms with Crippen LogP contribution in [-0.2, 0) is 9.57 Å². The van der Waals surface area contributed by atoms with Gasteiger partial charge in [0, 0.05) is 6.54 Å². The third-order valence-electron chi connectivity index (χ3n) is 1.09. The Labute approximate surface area is 40.7 Å². The molecule has 40 valence electrons. The maximum Gasteiger partial charge on any atom is 0.207 e. The quantitative estimate of drug-likeness (QED) is 0.375. The van der Waals surface area contributed by atoms with Crippen LogP contribution in [0.5, 0.6) is 0 Å². The molecule has 0 aromatic heterocycles. The van der Waals surface area contributed by atoms with Gasteiger partial charge < -0.3 is 4.74 Å². The molecule has 2 N–H and O–H groups in total. The molecule has 7 heavy (non-hydrogen) atoms. The zero-order valence-electron chi connectivity index (χ0n) is 3.68. The Morgan fingerprint density at radius 3 is 3.14 bits per heavy atom. The van der Waals surface area contributed by atoms with E-state index in [1.165, 1.54) is 0 Å². The molecule has 4 nitrogen and oxygen atoms in total. The first-order chi connectivity index (χ1) is 3.47. The van der Waals surface area contributed by atoms with E-state index in [0.717, 1.165) is 6.54 Å². The number of fused-ring (bicyclic) bond motifs is 1. The van der Waals surface area contributed by atoms with Crippen LogP contribution in [0.2, 0.25) is 0 Å². The van der Waals surface area contributed by atoms with Gasteiger partial charge in [0.25, 0.3) is 0 Å². The fraction of sp³-hybridized carbons (Fsp3) is 1.00. The summed E-state index contributed by atoms with van der Waals surface area (Å²) in [5.41, 5.74) is 5.28. The van der Waals surface area contributed by atoms with Crippen molar-refractivity contribution in [1.29, 1.82) is 0 Å². The van der Waals surface area contributed by atoms with Gasteiger partial charge in [-0.15, -0.1) is 5.59 Å². The molecule has 4 heteroatoms. The number of nitrogens with one attached hydrogen (secondary N) is 2. The van der Waals surface area contributed by atoms with Crippen LogP contribution < -0.4 is 11.0 Å². The van der Waals surface area contributed by atoms with Crippen LogP contribution in [0.1, 0.15) is 0 Å². The maximum absolute atomic E-state index is 4.93. The van der Waals surface area contributed by atoms with Gasteiger partial charge in [-0.3, -0.25) is 4.84 Å². The summed E-state index contributed by atoms with van der Waals surface area (Å²) in [6.07, 6.45) is 0.336. The van der Waals surface area contributed by atoms with E-state index < -0.39 is 0 Å². The smallest absolute Gasteiger partial charge is 0.207 e. The van der Waals surface area contributed by atoms with Crippen molar-refractivity contribution in [2.24, 2.45) is 0 Å². The van der Waals surface area contributed by atoms with Crippen LogP contribution in [0.15, 0.2) is 0 Å². The fourth-order valence-corrected chi connectivity index (χ4v) is 0.617. The van der Waals surface area contributed by atoms with Crippen molar-refractivity contribution >= 4 is 0 Å². The van der Waals surface area contributed by atoms with Gasteiger partial charge in [0.2, 0.25) is 6.29 Å². The largest absolute Gasteiger partial charge is 0.338 e. The van der Waals surface area contributed by atoms with Gasteiger partial charge in [-0.25, -0.2) is 5.43 Å². The normalized spacial score (nSPS) is 48.0. The minimum Gasteiger partial charge on any atom is -0.338 e. The van der Waals surface area contributed by atoms with Crippen molar-refractivity contribution in [1.82, 2.24) is 11.0 Å². The van der Waals surface area contributed by atoms with Crippen molar-refractivity contribution in [3.63, 3.8) is 0 Å². The molecule has 2 heterocycles. The highest BCUT2D eigenvalue weighted by Crippen LogP contribution is 2.22. The van der Waals surface area contributed by atoms with Crippen molar-refractivity contribution < 1.29 is 9.57 Å². The Balaban J connectivity index is 1.95. The lowest BCUT2D eigenvalue weighted by molar-refractivity contribution is -0.0520. The standard InChI is InChI=1S/C3H6N2O2/c1-2-3(6-2)7-5-4-1/h2-5H,1H2. The van der Waals surface area contributed by atoms with Crippen LogP contribution in [0.4, 0.5) is 0 Å². The summed E-state index contributed by atoms with van der Waals surface area (Å²) in [5, 5.41) is 0. The number of ether oxygens (including phenoxy) is 1. The highest BCUT2D eigenvalue weighted by molar-refractivity contribution is 4.79. The summed E-state index contributed by atoms with van der Waals surface area (Å²) in [6, 6.07) is 0. The monoisotopic (exact) mass is 102 g/mol. The van der Waals surface area contributed by atoms with Gasteiger partial charge in [0.15, 0.2) is 0 Å². The third kappa shape index (κ3) is 0.522. The predicted octanol–water partition coefficient (Wildman–Crippen LogP) is -1.25. The number of rotatable bonds is 0. The van der Waals surface area contributed by atoms with Crippen molar-refractivity contribution in [3.05, 3.63) is 0 Å². The molecule has 2 aliphatic heterocycles. The van der Waals surface area contributed by atoms with Crippen LogP contribution in [0.25, 0.3) is 0 Å². The first-order valence-corrected chi connectivity index (χ1v) is 2.26. The Bertz CT molecular complexity index is 77.0. The summed E-state index contributed by atoms with van der Waals surface area (Å²) >= 11 is 0. The highest BCUT2D eigenvalue weighted by atomic mass is 16.9. The zero-order valence-corrected chi connectivity index (χ0v) is 3.68. The van der Waals surface area contributed by atoms with Crippen molar-refractivity contribution in [3.8, 4) is 0 Å². The minimum absolute atomic E-state index is 0.0289. The first kappa shape index (κ1) is 3.80. The lowest BCUT2D eigenvalue weighted by atomic mass is 10.5. The van der Waals surface area contributed by atoms with E-state index in [-0.39, 0.29) is 6.29 Å². The second kappa shape index (κ2) is 1.16. The van der Waals surface area contributed by atoms with E-state index in [4.69, 9.17) is 9.57 Å². The zero-order chi connectivity index (χ0) is 4.69. The molecule has 0 radical (unpaired) electrons. The molecule has 2 saturated heterocycles. The molecule has 2 atom stereocenters. The predicted molar refractivity (Wildman–Crippen MR) is 20.9 cm³/mol. The van der Waals surface area contributed by atoms with E-state index in [9.17, 15) is 0 Å². The Kier molecular flexibility index (Phi) is 0.631. The van der Waals surface area contributed by atoms with Crippen LogP contribution >= 0.6 is 0 Å². The van der Waals surface area contributed by atoms with Gasteiger partial charge in [-0.2, -0.15) is 0 Å². The fourth-order valence-electron chi connectivity index (χ4n) is 0.617. The molecule has 0 aromatic carbocycles. The molecule has 0 aromatic rings. The number of hydrogen-bond acceptors (Lipinski definition) is 4. The average molecular weight is 102 g/mol. The van der Waals surface area contributed by atoms with Gasteiger partial charge in [0.1, 0.15) is 6.10 Å². The summed E-state index contributed by atoms with van der Waals surface area (Å²) in [4.78, 5) is 4.77. The lowest BCUT2D eigenvalue weighted by Crippen LogP contribution is -2.41. The number of hydrazine groups is 1. The molecule has 2 fully saturated rings. The Morgan fingerprint density at radius 1 is 1.57 bits per heavy atom. The lowest BCUT2D eigenvalue weighted by Gasteiger charge is -2.06. The molecule has 0 amide bonds. The first-order valence-electron chi connectivity index (χ1n) is 2.26. The van der Waals surface area contributed by atoms with E-state index >= 15 is 0 Å². The Hall–Kier alpha value is -0.160. The molecule has 2 unspecified atom stereocenters. The van der Waals surface area contributed by atoms with Crippen LogP contribution in [0, 0.1) is 0 Å². The van der Waals surface area contributed by atoms with E-state index in [1.54, 1.807) is 0 Å². The SMILES string of the molecule is C1NNOC2OC12. The number of epoxide rings is 1. The van der Waals surface area contributed by atoms with Gasteiger partial charge in [0.05, 0.1) is 0 Å². The van der Waals surface area contributed by atoms with Crippen molar-refractivity contribution in [2.75, 3.05) is 6.54 Å². The highest BCUT2D eigenvalue weighted by Gasteiger charge is 2.42. The van der Waals surface area contributed by atoms with Crippen LogP contribution in [-0.4, -0.2) is 18.9 Å². The number of hydrogen-bond donors (Lipinski definition) is 2. The van der Waals surface area contributed by atoms with E-state index in [1.807, 2.05) is 0 Å². The molecule has 0 saturated carbocycles. The molecule has 2 rings (SSSR count). The Morgan fingerprint density at radius 2 is 2.57 bits per heavy atom. The maximum atomic E-state index is 4.93. The van der Waals surface area contributed by atoms with Gasteiger partial charge in [-0.1, -0.05) is 0 Å². The average Bonchev–Trinajstić information content (AvgIpc) is 2.41. The molecule has 0 aliphatic carbocycles. The second-order valence-electron chi connectivity index (χ2n) is 1.64. The topological polar surface area (TPSA) is 45.8 Å². The van der Waals surface area contributed by atoms with Crippen LogP contribution in [0.3, 0.4) is 0 Å². The molecule has 0 bridgehead atoms. The molecule has 0 spiro atoms. The summed E-state index contributed by atoms with van der Waals surface area (Å²) in [7, 11) is 0. The van der Waals surface area contributed by atoms with Gasteiger partial charge >= 0.3 is 0 Å². The summed E-state index contributed by atoms with van der Waals surface area (Å²) in [6.45, 7) is 0.852. The van der Waals surface area contributed by atoms with Gasteiger partial charge in [-0.05, 0) is 0 Å². The summed E-state index contributed by atoms with van der Waals surface area (Å²) < 4.78 is 4.93. The molecular weight excluding hydrogens is 96.0 g/mol. The van der Waals surface area contributed by atoms with Crippen molar-refractivity contribution in [2.45, 2.75) is 12.4 Å². The second-order valence-corrected chi connectivity index (χ2v) is 1.64. The van der Waals surface area contributed by atoms with E-state index in [0.29, 0.717) is 6.10 Å². The third-order valence-corrected chi connectivity index (χ3v) is 1.09. The molecular formula is C3H6N2O2. The molecule has 2 aliphatic rings. The van der Waals surface area contributed by atoms with E-state index in [2.05, 4.69) is 11.0 Å². The summed E-state index contributed by atoms with van der Waals surface area (Å²) in [5.74, 6) is 0.